The van der Waals surface area contributed by atoms with Gasteiger partial charge in [-0.15, -0.1) is 0 Å². The Kier molecular flexibility index (Phi) is 3.05. The Morgan fingerprint density at radius 1 is 0.652 bits per heavy atom. The number of furan rings is 1. The molecule has 3 aromatic carbocycles. The first-order valence-corrected chi connectivity index (χ1v) is 8.06. The van der Waals surface area contributed by atoms with Crippen molar-refractivity contribution in [2.45, 2.75) is 26.2 Å². The van der Waals surface area contributed by atoms with Gasteiger partial charge in [-0.2, -0.15) is 0 Å². The highest BCUT2D eigenvalue weighted by atomic mass is 16.3. The highest BCUT2D eigenvalue weighted by Gasteiger charge is 2.20. The van der Waals surface area contributed by atoms with Crippen LogP contribution in [-0.2, 0) is 5.41 Å². The molecule has 1 aromatic heterocycles. The average molecular weight is 300 g/mol. The number of hydrogen-bond donors (Lipinski definition) is 0. The van der Waals surface area contributed by atoms with Crippen molar-refractivity contribution >= 4 is 21.9 Å². The van der Waals surface area contributed by atoms with Gasteiger partial charge in [0.15, 0.2) is 0 Å². The maximum Gasteiger partial charge on any atom is 0.136 e. The van der Waals surface area contributed by atoms with Crippen LogP contribution in [0, 0.1) is 0 Å². The molecule has 0 aliphatic carbocycles. The van der Waals surface area contributed by atoms with Crippen LogP contribution in [0.4, 0.5) is 0 Å². The molecule has 0 amide bonds. The van der Waals surface area contributed by atoms with Crippen LogP contribution in [0.25, 0.3) is 33.1 Å². The van der Waals surface area contributed by atoms with Crippen LogP contribution in [0.3, 0.4) is 0 Å². The SMILES string of the molecule is CC(C)(C)c1ccccc1-c1cccc2oc3ccccc3c12. The third kappa shape index (κ3) is 2.24. The van der Waals surface area contributed by atoms with Crippen LogP contribution in [0.2, 0.25) is 0 Å². The quantitative estimate of drug-likeness (QED) is 0.388. The van der Waals surface area contributed by atoms with Crippen molar-refractivity contribution in [3.63, 3.8) is 0 Å². The van der Waals surface area contributed by atoms with Crippen molar-refractivity contribution in [2.75, 3.05) is 0 Å². The van der Waals surface area contributed by atoms with Gasteiger partial charge in [0, 0.05) is 10.8 Å². The van der Waals surface area contributed by atoms with E-state index in [1.807, 2.05) is 12.1 Å². The third-order valence-electron chi connectivity index (χ3n) is 4.43. The molecule has 0 fully saturated rings. The molecule has 1 heteroatoms. The van der Waals surface area contributed by atoms with Gasteiger partial charge in [-0.1, -0.05) is 75.4 Å². The van der Waals surface area contributed by atoms with E-state index in [0.717, 1.165) is 11.2 Å². The van der Waals surface area contributed by atoms with E-state index in [1.54, 1.807) is 0 Å². The fraction of sp³-hybridized carbons (Fsp3) is 0.182. The Hall–Kier alpha value is -2.54. The van der Waals surface area contributed by atoms with Crippen LogP contribution in [0.5, 0.6) is 0 Å². The molecule has 0 N–H and O–H groups in total. The first kappa shape index (κ1) is 14.1. The topological polar surface area (TPSA) is 13.1 Å². The first-order chi connectivity index (χ1) is 11.1. The molecule has 1 nitrogen and oxygen atoms in total. The van der Waals surface area contributed by atoms with Crippen LogP contribution in [0.1, 0.15) is 26.3 Å². The normalized spacial score (nSPS) is 12.1. The van der Waals surface area contributed by atoms with Gasteiger partial charge < -0.3 is 4.42 Å². The van der Waals surface area contributed by atoms with E-state index >= 15 is 0 Å². The predicted octanol–water partition coefficient (Wildman–Crippen LogP) is 6.55. The molecule has 0 aliphatic rings. The molecule has 0 spiro atoms. The van der Waals surface area contributed by atoms with Gasteiger partial charge in [0.05, 0.1) is 0 Å². The van der Waals surface area contributed by atoms with E-state index < -0.39 is 0 Å². The number of rotatable bonds is 1. The summed E-state index contributed by atoms with van der Waals surface area (Å²) in [6.45, 7) is 6.79. The minimum absolute atomic E-state index is 0.0955. The molecule has 0 saturated heterocycles. The van der Waals surface area contributed by atoms with E-state index in [-0.39, 0.29) is 5.41 Å². The van der Waals surface area contributed by atoms with Gasteiger partial charge in [-0.3, -0.25) is 0 Å². The van der Waals surface area contributed by atoms with Crippen LogP contribution < -0.4 is 0 Å². The lowest BCUT2D eigenvalue weighted by atomic mass is 9.81. The molecule has 23 heavy (non-hydrogen) atoms. The van der Waals surface area contributed by atoms with Crippen molar-refractivity contribution in [3.05, 3.63) is 72.3 Å². The van der Waals surface area contributed by atoms with Gasteiger partial charge in [-0.25, -0.2) is 0 Å². The second-order valence-corrected chi connectivity index (χ2v) is 7.07. The van der Waals surface area contributed by atoms with Crippen LogP contribution in [-0.4, -0.2) is 0 Å². The van der Waals surface area contributed by atoms with E-state index in [2.05, 4.69) is 75.4 Å². The van der Waals surface area contributed by atoms with Crippen LogP contribution in [0.15, 0.2) is 71.1 Å². The van der Waals surface area contributed by atoms with Crippen LogP contribution >= 0.6 is 0 Å². The zero-order chi connectivity index (χ0) is 16.0. The monoisotopic (exact) mass is 300 g/mol. The summed E-state index contributed by atoms with van der Waals surface area (Å²) < 4.78 is 6.04. The third-order valence-corrected chi connectivity index (χ3v) is 4.43. The minimum atomic E-state index is 0.0955. The Morgan fingerprint density at radius 3 is 2.13 bits per heavy atom. The highest BCUT2D eigenvalue weighted by molar-refractivity contribution is 6.12. The largest absolute Gasteiger partial charge is 0.456 e. The smallest absolute Gasteiger partial charge is 0.136 e. The summed E-state index contributed by atoms with van der Waals surface area (Å²) >= 11 is 0. The Bertz CT molecular complexity index is 999. The standard InChI is InChI=1S/C22H20O/c1-22(2,3)18-12-6-4-9-15(18)16-11-8-14-20-21(16)17-10-5-7-13-19(17)23-20/h4-14H,1-3H3. The Balaban J connectivity index is 2.12. The van der Waals surface area contributed by atoms with Crippen molar-refractivity contribution in [2.24, 2.45) is 0 Å². The fourth-order valence-electron chi connectivity index (χ4n) is 3.37. The van der Waals surface area contributed by atoms with Crippen molar-refractivity contribution < 1.29 is 4.42 Å². The molecule has 1 heterocycles. The minimum Gasteiger partial charge on any atom is -0.456 e. The lowest BCUT2D eigenvalue weighted by Crippen LogP contribution is -2.12. The van der Waals surface area contributed by atoms with Gasteiger partial charge in [0.2, 0.25) is 0 Å². The maximum atomic E-state index is 6.04. The number of hydrogen-bond acceptors (Lipinski definition) is 1. The Labute approximate surface area is 136 Å². The van der Waals surface area contributed by atoms with Crippen molar-refractivity contribution in [3.8, 4) is 11.1 Å². The van der Waals surface area contributed by atoms with Gasteiger partial charge in [-0.05, 0) is 34.2 Å². The van der Waals surface area contributed by atoms with E-state index in [1.165, 1.54) is 27.5 Å². The summed E-state index contributed by atoms with van der Waals surface area (Å²) in [5, 5.41) is 2.39. The second kappa shape index (κ2) is 4.99. The second-order valence-electron chi connectivity index (χ2n) is 7.07. The number of benzene rings is 3. The summed E-state index contributed by atoms with van der Waals surface area (Å²) in [4.78, 5) is 0. The summed E-state index contributed by atoms with van der Waals surface area (Å²) in [6.07, 6.45) is 0. The molecular formula is C22H20O. The molecule has 4 rings (SSSR count). The molecule has 0 aliphatic heterocycles. The molecule has 114 valence electrons. The van der Waals surface area contributed by atoms with Crippen molar-refractivity contribution in [1.29, 1.82) is 0 Å². The molecule has 4 aromatic rings. The summed E-state index contributed by atoms with van der Waals surface area (Å²) in [7, 11) is 0. The fourth-order valence-corrected chi connectivity index (χ4v) is 3.37. The molecular weight excluding hydrogens is 280 g/mol. The number of fused-ring (bicyclic) bond motifs is 3. The first-order valence-electron chi connectivity index (χ1n) is 8.06. The lowest BCUT2D eigenvalue weighted by Gasteiger charge is -2.23. The van der Waals surface area contributed by atoms with E-state index in [9.17, 15) is 0 Å². The van der Waals surface area contributed by atoms with E-state index in [0.29, 0.717) is 0 Å². The summed E-state index contributed by atoms with van der Waals surface area (Å²) in [5.41, 5.74) is 5.89. The molecule has 0 bridgehead atoms. The Morgan fingerprint density at radius 2 is 1.30 bits per heavy atom. The zero-order valence-electron chi connectivity index (χ0n) is 13.8. The maximum absolute atomic E-state index is 6.04. The molecule has 0 radical (unpaired) electrons. The zero-order valence-corrected chi connectivity index (χ0v) is 13.8. The average Bonchev–Trinajstić information content (AvgIpc) is 2.92. The lowest BCUT2D eigenvalue weighted by molar-refractivity contribution is 0.592. The number of para-hydroxylation sites is 1. The van der Waals surface area contributed by atoms with Crippen molar-refractivity contribution in [1.82, 2.24) is 0 Å². The molecule has 0 saturated carbocycles. The van der Waals surface area contributed by atoms with E-state index in [4.69, 9.17) is 4.42 Å². The highest BCUT2D eigenvalue weighted by Crippen LogP contribution is 2.40. The predicted molar refractivity (Wildman–Crippen MR) is 97.9 cm³/mol. The van der Waals surface area contributed by atoms with Gasteiger partial charge in [0.25, 0.3) is 0 Å². The summed E-state index contributed by atoms with van der Waals surface area (Å²) in [6, 6.07) is 23.3. The molecule has 0 unspecified atom stereocenters. The summed E-state index contributed by atoms with van der Waals surface area (Å²) in [5.74, 6) is 0. The molecule has 0 atom stereocenters. The van der Waals surface area contributed by atoms with Gasteiger partial charge in [0.1, 0.15) is 11.2 Å². The van der Waals surface area contributed by atoms with Gasteiger partial charge >= 0.3 is 0 Å².